The van der Waals surface area contributed by atoms with Gasteiger partial charge >= 0.3 is 0 Å². The van der Waals surface area contributed by atoms with Crippen molar-refractivity contribution in [1.82, 2.24) is 0 Å². The molecule has 0 bridgehead atoms. The monoisotopic (exact) mass is 312 g/mol. The highest BCUT2D eigenvalue weighted by molar-refractivity contribution is 9.10. The fourth-order valence-corrected chi connectivity index (χ4v) is 3.05. The molecule has 0 heterocycles. The number of rotatable bonds is 0. The maximum atomic E-state index is 8.05. The van der Waals surface area contributed by atoms with E-state index in [2.05, 4.69) is 15.9 Å². The Kier molecular flexibility index (Phi) is 1.35. The molecule has 2 heteroatoms. The Morgan fingerprint density at radius 3 is 2.76 bits per heavy atom. The van der Waals surface area contributed by atoms with Gasteiger partial charge in [0.05, 0.1) is 0 Å². The summed E-state index contributed by atoms with van der Waals surface area (Å²) < 4.78 is 49.0. The van der Waals surface area contributed by atoms with Gasteiger partial charge in [0, 0.05) is 28.7 Å². The van der Waals surface area contributed by atoms with Gasteiger partial charge in [0.25, 0.3) is 0 Å². The van der Waals surface area contributed by atoms with Gasteiger partial charge in [-0.2, -0.15) is 0 Å². The lowest BCUT2D eigenvalue weighted by Crippen LogP contribution is -2.14. The number of hydrogen-bond donors (Lipinski definition) is 0. The summed E-state index contributed by atoms with van der Waals surface area (Å²) in [7, 11) is 0. The molecule has 0 aromatic heterocycles. The minimum absolute atomic E-state index is 0.229. The maximum absolute atomic E-state index is 8.05. The Hall–Kier alpha value is -0.790. The van der Waals surface area contributed by atoms with Crippen molar-refractivity contribution >= 4 is 27.5 Å². The average Bonchev–Trinajstić information content (AvgIpc) is 2.68. The van der Waals surface area contributed by atoms with Crippen LogP contribution in [0.2, 0.25) is 5.02 Å². The van der Waals surface area contributed by atoms with Gasteiger partial charge in [0.15, 0.2) is 0 Å². The van der Waals surface area contributed by atoms with Crippen LogP contribution in [0.25, 0.3) is 11.1 Å². The largest absolute Gasteiger partial charge is 0.0843 e. The van der Waals surface area contributed by atoms with Crippen molar-refractivity contribution in [1.29, 1.82) is 0 Å². The molecule has 0 fully saturated rings. The second-order valence-corrected chi connectivity index (χ2v) is 5.39. The van der Waals surface area contributed by atoms with Crippen molar-refractivity contribution in [2.45, 2.75) is 19.1 Å². The first-order valence-corrected chi connectivity index (χ1v) is 6.28. The number of hydrogen-bond acceptors (Lipinski definition) is 0. The molecule has 0 nitrogen and oxygen atoms in total. The molecule has 0 amide bonds. The molecule has 1 aliphatic rings. The van der Waals surface area contributed by atoms with Crippen LogP contribution in [0.4, 0.5) is 0 Å². The van der Waals surface area contributed by atoms with E-state index in [-0.39, 0.29) is 11.1 Å². The number of fused-ring (bicyclic) bond motifs is 3. The third kappa shape index (κ3) is 1.49. The molecule has 0 saturated carbocycles. The average molecular weight is 314 g/mol. The van der Waals surface area contributed by atoms with Gasteiger partial charge in [-0.15, -0.1) is 0 Å². The van der Waals surface area contributed by atoms with E-state index in [0.717, 1.165) is 0 Å². The molecule has 0 unspecified atom stereocenters. The first kappa shape index (κ1) is 6.40. The zero-order valence-electron chi connectivity index (χ0n) is 14.7. The van der Waals surface area contributed by atoms with E-state index in [4.69, 9.17) is 19.8 Å². The number of benzene rings is 2. The van der Waals surface area contributed by atoms with E-state index < -0.39 is 19.1 Å². The van der Waals surface area contributed by atoms with Crippen molar-refractivity contribution in [3.63, 3.8) is 0 Å². The highest BCUT2D eigenvalue weighted by Gasteiger charge is 2.36. The van der Waals surface area contributed by atoms with Crippen molar-refractivity contribution < 1.29 is 8.22 Å². The topological polar surface area (TPSA) is 0 Å². The van der Waals surface area contributed by atoms with E-state index >= 15 is 0 Å². The standard InChI is InChI=1S/C15H12BrCl/c1-15(2)11-4-3-5-13(16)14(11)10-7-6-9(17)8-12(10)15/h3-8H,1-2H3/i1D3,2D3. The summed E-state index contributed by atoms with van der Waals surface area (Å²) in [6.07, 6.45) is 0. The predicted octanol–water partition coefficient (Wildman–Crippen LogP) is 5.41. The van der Waals surface area contributed by atoms with Crippen molar-refractivity contribution in [2.24, 2.45) is 0 Å². The summed E-state index contributed by atoms with van der Waals surface area (Å²) in [4.78, 5) is 0. The van der Waals surface area contributed by atoms with Crippen LogP contribution in [0.5, 0.6) is 0 Å². The molecule has 0 aliphatic heterocycles. The van der Waals surface area contributed by atoms with Gasteiger partial charge in [0.2, 0.25) is 0 Å². The lowest BCUT2D eigenvalue weighted by atomic mass is 9.82. The smallest absolute Gasteiger partial charge is 0.0409 e. The molecule has 2 aromatic carbocycles. The first-order chi connectivity index (χ1) is 10.5. The van der Waals surface area contributed by atoms with Crippen LogP contribution in [-0.2, 0) is 5.41 Å². The lowest BCUT2D eigenvalue weighted by molar-refractivity contribution is 0.660. The van der Waals surface area contributed by atoms with E-state index in [0.29, 0.717) is 20.6 Å². The summed E-state index contributed by atoms with van der Waals surface area (Å²) >= 11 is 9.47. The van der Waals surface area contributed by atoms with Crippen LogP contribution in [-0.4, -0.2) is 0 Å². The Labute approximate surface area is 123 Å². The van der Waals surface area contributed by atoms with Gasteiger partial charge in [-0.05, 0) is 34.9 Å². The molecule has 0 N–H and O–H groups in total. The zero-order valence-corrected chi connectivity index (χ0v) is 11.1. The molecular formula is C15H12BrCl. The molecule has 2 aromatic rings. The Bertz CT molecular complexity index is 780. The Morgan fingerprint density at radius 1 is 1.18 bits per heavy atom. The zero-order chi connectivity index (χ0) is 17.2. The van der Waals surface area contributed by atoms with Gasteiger partial charge < -0.3 is 0 Å². The molecule has 0 radical (unpaired) electrons. The molecule has 1 aliphatic carbocycles. The van der Waals surface area contributed by atoms with Crippen molar-refractivity contribution in [2.75, 3.05) is 0 Å². The summed E-state index contributed by atoms with van der Waals surface area (Å²) in [5.41, 5.74) is -0.397. The van der Waals surface area contributed by atoms with Crippen LogP contribution < -0.4 is 0 Å². The summed E-state index contributed by atoms with van der Waals surface area (Å²) in [5.74, 6) is 0. The van der Waals surface area contributed by atoms with Gasteiger partial charge in [-0.1, -0.05) is 59.4 Å². The van der Waals surface area contributed by atoms with Crippen LogP contribution in [0.3, 0.4) is 0 Å². The van der Waals surface area contributed by atoms with Gasteiger partial charge in [-0.25, -0.2) is 0 Å². The fourth-order valence-electron chi connectivity index (χ4n) is 2.30. The normalized spacial score (nSPS) is 22.2. The molecule has 0 atom stereocenters. The Morgan fingerprint density at radius 2 is 2.00 bits per heavy atom. The van der Waals surface area contributed by atoms with E-state index in [9.17, 15) is 0 Å². The highest BCUT2D eigenvalue weighted by atomic mass is 79.9. The minimum Gasteiger partial charge on any atom is -0.0843 e. The summed E-state index contributed by atoms with van der Waals surface area (Å²) in [6, 6.07) is 9.78. The van der Waals surface area contributed by atoms with Crippen LogP contribution >= 0.6 is 27.5 Å². The summed E-state index contributed by atoms with van der Waals surface area (Å²) in [6.45, 7) is -5.52. The first-order valence-electron chi connectivity index (χ1n) is 8.11. The predicted molar refractivity (Wildman–Crippen MR) is 76.7 cm³/mol. The van der Waals surface area contributed by atoms with E-state index in [1.807, 2.05) is 0 Å². The Balaban J connectivity index is 2.57. The van der Waals surface area contributed by atoms with Crippen molar-refractivity contribution in [3.05, 3.63) is 57.0 Å². The van der Waals surface area contributed by atoms with Crippen molar-refractivity contribution in [3.8, 4) is 11.1 Å². The van der Waals surface area contributed by atoms with E-state index in [1.165, 1.54) is 6.07 Å². The third-order valence-electron chi connectivity index (χ3n) is 3.07. The minimum atomic E-state index is -2.76. The van der Waals surface area contributed by atoms with Crippen LogP contribution in [0.15, 0.2) is 40.9 Å². The highest BCUT2D eigenvalue weighted by Crippen LogP contribution is 2.51. The molecule has 3 rings (SSSR count). The quantitative estimate of drug-likeness (QED) is 0.610. The van der Waals surface area contributed by atoms with Crippen LogP contribution in [0.1, 0.15) is 33.1 Å². The van der Waals surface area contributed by atoms with E-state index in [1.54, 1.807) is 30.3 Å². The molecule has 0 saturated heterocycles. The molecule has 17 heavy (non-hydrogen) atoms. The second kappa shape index (κ2) is 3.60. The van der Waals surface area contributed by atoms with Crippen LogP contribution in [0, 0.1) is 0 Å². The molecule has 86 valence electrons. The summed E-state index contributed by atoms with van der Waals surface area (Å²) in [5, 5.41) is 0.311. The fraction of sp³-hybridized carbons (Fsp3) is 0.200. The third-order valence-corrected chi connectivity index (χ3v) is 3.97. The van der Waals surface area contributed by atoms with Gasteiger partial charge in [0.1, 0.15) is 0 Å². The lowest BCUT2D eigenvalue weighted by Gasteiger charge is -2.21. The SMILES string of the molecule is [2H]C([2H])([2H])C1(C([2H])([2H])[2H])c2cc(Cl)ccc2-c2c(Br)cccc21. The maximum Gasteiger partial charge on any atom is 0.0409 e. The number of halogens is 2. The molecular weight excluding hydrogens is 296 g/mol. The molecule has 0 spiro atoms. The second-order valence-electron chi connectivity index (χ2n) is 4.10. The van der Waals surface area contributed by atoms with Gasteiger partial charge in [-0.3, -0.25) is 0 Å².